The van der Waals surface area contributed by atoms with Crippen molar-refractivity contribution in [1.29, 1.82) is 0 Å². The fourth-order valence-corrected chi connectivity index (χ4v) is 4.41. The van der Waals surface area contributed by atoms with Crippen molar-refractivity contribution >= 4 is 34.4 Å². The fourth-order valence-electron chi connectivity index (χ4n) is 4.41. The second-order valence-electron chi connectivity index (χ2n) is 10.5. The number of carbonyl (C=O) groups is 1. The van der Waals surface area contributed by atoms with Crippen LogP contribution >= 0.6 is 0 Å². The zero-order valence-electron chi connectivity index (χ0n) is 21.7. The van der Waals surface area contributed by atoms with E-state index < -0.39 is 0 Å². The molecule has 0 spiro atoms. The van der Waals surface area contributed by atoms with Crippen molar-refractivity contribution in [3.05, 3.63) is 66.4 Å². The van der Waals surface area contributed by atoms with Gasteiger partial charge in [0.1, 0.15) is 17.3 Å². The van der Waals surface area contributed by atoms with Gasteiger partial charge in [0, 0.05) is 50.2 Å². The first kappa shape index (κ1) is 24.8. The first-order valence-electron chi connectivity index (χ1n) is 12.6. The second kappa shape index (κ2) is 10.2. The fraction of sp³-hybridized carbons (Fsp3) is 0.345. The standard InChI is InChI=1S/C29H33N5O3/c1-29(2,3)20-6-5-7-21(16-20)31-28-32-24-17-22(8-9-25(24)34(28)4)37-23-10-13-30-26(18-23)33-27(35)19-11-14-36-15-12-19/h5-10,13,16-19H,11-12,14-15H2,1-4H3,(H,31,32)(H,30,33,35). The zero-order valence-corrected chi connectivity index (χ0v) is 21.7. The molecule has 0 unspecified atom stereocenters. The van der Waals surface area contributed by atoms with Crippen LogP contribution in [0.15, 0.2) is 60.8 Å². The summed E-state index contributed by atoms with van der Waals surface area (Å²) in [5.74, 6) is 2.38. The Kier molecular flexibility index (Phi) is 6.84. The lowest BCUT2D eigenvalue weighted by molar-refractivity contribution is -0.122. The average Bonchev–Trinajstić information content (AvgIpc) is 3.18. The lowest BCUT2D eigenvalue weighted by Crippen LogP contribution is -2.28. The van der Waals surface area contributed by atoms with Gasteiger partial charge in [-0.2, -0.15) is 0 Å². The number of benzene rings is 2. The normalized spacial score (nSPS) is 14.5. The summed E-state index contributed by atoms with van der Waals surface area (Å²) in [5.41, 5.74) is 4.12. The van der Waals surface area contributed by atoms with Crippen molar-refractivity contribution < 1.29 is 14.3 Å². The minimum Gasteiger partial charge on any atom is -0.457 e. The molecular formula is C29H33N5O3. The van der Waals surface area contributed by atoms with E-state index in [0.717, 1.165) is 35.5 Å². The van der Waals surface area contributed by atoms with Crippen molar-refractivity contribution in [2.24, 2.45) is 13.0 Å². The van der Waals surface area contributed by atoms with E-state index in [0.29, 0.717) is 30.5 Å². The number of imidazole rings is 1. The highest BCUT2D eigenvalue weighted by atomic mass is 16.5. The lowest BCUT2D eigenvalue weighted by atomic mass is 9.87. The molecule has 1 aliphatic heterocycles. The van der Waals surface area contributed by atoms with Gasteiger partial charge in [0.2, 0.25) is 11.9 Å². The molecule has 4 aromatic rings. The lowest BCUT2D eigenvalue weighted by Gasteiger charge is -2.21. The number of aryl methyl sites for hydroxylation is 1. The Labute approximate surface area is 217 Å². The minimum absolute atomic E-state index is 0.0316. The van der Waals surface area contributed by atoms with E-state index in [1.165, 1.54) is 5.56 Å². The molecule has 8 heteroatoms. The van der Waals surface area contributed by atoms with Gasteiger partial charge < -0.3 is 24.7 Å². The SMILES string of the molecule is Cn1c(Nc2cccc(C(C)(C)C)c2)nc2cc(Oc3ccnc(NC(=O)C4CCOCC4)c3)ccc21. The predicted octanol–water partition coefficient (Wildman–Crippen LogP) is 6.17. The molecule has 1 aliphatic rings. The number of anilines is 3. The van der Waals surface area contributed by atoms with Crippen LogP contribution in [-0.4, -0.2) is 33.7 Å². The van der Waals surface area contributed by atoms with E-state index in [2.05, 4.69) is 54.6 Å². The Hall–Kier alpha value is -3.91. The third kappa shape index (κ3) is 5.75. The highest BCUT2D eigenvalue weighted by Gasteiger charge is 2.22. The monoisotopic (exact) mass is 499 g/mol. The summed E-state index contributed by atoms with van der Waals surface area (Å²) in [6.45, 7) is 7.84. The van der Waals surface area contributed by atoms with Gasteiger partial charge in [0.15, 0.2) is 0 Å². The number of hydrogen-bond donors (Lipinski definition) is 2. The molecule has 0 aliphatic carbocycles. The number of aromatic nitrogens is 3. The summed E-state index contributed by atoms with van der Waals surface area (Å²) in [7, 11) is 1.99. The molecule has 0 radical (unpaired) electrons. The Balaban J connectivity index is 1.31. The Bertz CT molecular complexity index is 1420. The molecule has 0 bridgehead atoms. The zero-order chi connectivity index (χ0) is 26.0. The van der Waals surface area contributed by atoms with Gasteiger partial charge in [0.05, 0.1) is 11.0 Å². The molecular weight excluding hydrogens is 466 g/mol. The molecule has 37 heavy (non-hydrogen) atoms. The van der Waals surface area contributed by atoms with Gasteiger partial charge in [-0.05, 0) is 54.2 Å². The molecule has 0 atom stereocenters. The number of ether oxygens (including phenoxy) is 2. The summed E-state index contributed by atoms with van der Waals surface area (Å²) >= 11 is 0. The van der Waals surface area contributed by atoms with Gasteiger partial charge in [-0.15, -0.1) is 0 Å². The van der Waals surface area contributed by atoms with Crippen LogP contribution in [0.5, 0.6) is 11.5 Å². The van der Waals surface area contributed by atoms with Crippen molar-refractivity contribution in [3.63, 3.8) is 0 Å². The summed E-state index contributed by atoms with van der Waals surface area (Å²) in [6.07, 6.45) is 3.08. The molecule has 1 fully saturated rings. The third-order valence-electron chi connectivity index (χ3n) is 6.65. The Morgan fingerprint density at radius 1 is 1.05 bits per heavy atom. The van der Waals surface area contributed by atoms with Crippen LogP contribution in [0.3, 0.4) is 0 Å². The average molecular weight is 500 g/mol. The number of pyridine rings is 1. The summed E-state index contributed by atoms with van der Waals surface area (Å²) in [5, 5.41) is 6.36. The molecule has 5 rings (SSSR count). The summed E-state index contributed by atoms with van der Waals surface area (Å²) in [4.78, 5) is 21.6. The molecule has 192 valence electrons. The number of nitrogens with one attached hydrogen (secondary N) is 2. The van der Waals surface area contributed by atoms with E-state index >= 15 is 0 Å². The first-order chi connectivity index (χ1) is 17.8. The smallest absolute Gasteiger partial charge is 0.228 e. The van der Waals surface area contributed by atoms with Gasteiger partial charge in [-0.25, -0.2) is 9.97 Å². The molecule has 1 amide bonds. The molecule has 2 N–H and O–H groups in total. The van der Waals surface area contributed by atoms with Gasteiger partial charge in [-0.1, -0.05) is 32.9 Å². The van der Waals surface area contributed by atoms with E-state index in [4.69, 9.17) is 14.5 Å². The van der Waals surface area contributed by atoms with Gasteiger partial charge >= 0.3 is 0 Å². The Morgan fingerprint density at radius 3 is 2.62 bits per heavy atom. The van der Waals surface area contributed by atoms with Crippen LogP contribution in [0.4, 0.5) is 17.5 Å². The number of rotatable bonds is 6. The van der Waals surface area contributed by atoms with E-state index in [-0.39, 0.29) is 17.2 Å². The molecule has 8 nitrogen and oxygen atoms in total. The molecule has 2 aromatic carbocycles. The predicted molar refractivity (Wildman–Crippen MR) is 146 cm³/mol. The second-order valence-corrected chi connectivity index (χ2v) is 10.5. The van der Waals surface area contributed by atoms with Crippen LogP contribution in [0, 0.1) is 5.92 Å². The van der Waals surface area contributed by atoms with Crippen LogP contribution in [0.2, 0.25) is 0 Å². The van der Waals surface area contributed by atoms with Crippen molar-refractivity contribution in [1.82, 2.24) is 14.5 Å². The topological polar surface area (TPSA) is 90.3 Å². The van der Waals surface area contributed by atoms with Crippen LogP contribution in [0.1, 0.15) is 39.2 Å². The summed E-state index contributed by atoms with van der Waals surface area (Å²) < 4.78 is 13.5. The first-order valence-corrected chi connectivity index (χ1v) is 12.6. The third-order valence-corrected chi connectivity index (χ3v) is 6.65. The Morgan fingerprint density at radius 2 is 1.84 bits per heavy atom. The molecule has 0 saturated carbocycles. The number of nitrogens with zero attached hydrogens (tertiary/aromatic N) is 3. The minimum atomic E-state index is -0.0505. The number of fused-ring (bicyclic) bond motifs is 1. The quantitative estimate of drug-likeness (QED) is 0.330. The van der Waals surface area contributed by atoms with Crippen molar-refractivity contribution in [2.45, 2.75) is 39.0 Å². The number of carbonyl (C=O) groups excluding carboxylic acids is 1. The maximum Gasteiger partial charge on any atom is 0.228 e. The summed E-state index contributed by atoms with van der Waals surface area (Å²) in [6, 6.07) is 17.7. The highest BCUT2D eigenvalue weighted by Crippen LogP contribution is 2.30. The highest BCUT2D eigenvalue weighted by molar-refractivity contribution is 5.91. The van der Waals surface area contributed by atoms with Crippen molar-refractivity contribution in [2.75, 3.05) is 23.8 Å². The van der Waals surface area contributed by atoms with Crippen LogP contribution in [-0.2, 0) is 22.0 Å². The molecule has 3 heterocycles. The number of amides is 1. The van der Waals surface area contributed by atoms with Gasteiger partial charge in [0.25, 0.3) is 0 Å². The van der Waals surface area contributed by atoms with Crippen LogP contribution in [0.25, 0.3) is 11.0 Å². The van der Waals surface area contributed by atoms with E-state index in [1.807, 2.05) is 35.9 Å². The largest absolute Gasteiger partial charge is 0.457 e. The van der Waals surface area contributed by atoms with Crippen molar-refractivity contribution in [3.8, 4) is 11.5 Å². The number of hydrogen-bond acceptors (Lipinski definition) is 6. The van der Waals surface area contributed by atoms with Gasteiger partial charge in [-0.3, -0.25) is 4.79 Å². The molecule has 1 saturated heterocycles. The molecule has 2 aromatic heterocycles. The van der Waals surface area contributed by atoms with E-state index in [1.54, 1.807) is 18.3 Å². The maximum atomic E-state index is 12.6. The maximum absolute atomic E-state index is 12.6. The van der Waals surface area contributed by atoms with E-state index in [9.17, 15) is 4.79 Å². The van der Waals surface area contributed by atoms with Crippen LogP contribution < -0.4 is 15.4 Å².